The third-order valence-electron chi connectivity index (χ3n) is 22.7. The molecule has 0 atom stereocenters. The highest BCUT2D eigenvalue weighted by atomic mass is 32.1. The average molecular weight is 1030 g/mol. The van der Waals surface area contributed by atoms with E-state index in [-0.39, 0.29) is 50.0 Å². The third-order valence-corrected chi connectivity index (χ3v) is 23.9. The molecule has 2 nitrogen and oxygen atoms in total. The lowest BCUT2D eigenvalue weighted by molar-refractivity contribution is 0.188. The van der Waals surface area contributed by atoms with Crippen LogP contribution < -0.4 is 26.2 Å². The molecular weight excluding hydrogens is 948 g/mol. The van der Waals surface area contributed by atoms with Crippen LogP contribution in [-0.4, -0.2) is 6.71 Å². The number of rotatable bonds is 3. The molecule has 396 valence electrons. The summed E-state index contributed by atoms with van der Waals surface area (Å²) >= 11 is 2.09. The van der Waals surface area contributed by atoms with Crippen molar-refractivity contribution in [3.63, 3.8) is 0 Å². The zero-order valence-electron chi connectivity index (χ0n) is 50.0. The number of aryl methyl sites for hydroxylation is 3. The summed E-state index contributed by atoms with van der Waals surface area (Å²) in [7, 11) is 0. The molecule has 0 unspecified atom stereocenters. The Balaban J connectivity index is 1.16. The number of thiophene rings is 1. The van der Waals surface area contributed by atoms with Crippen molar-refractivity contribution >= 4 is 78.0 Å². The smallest absolute Gasteiger partial charge is 0.254 e. The molecule has 8 aliphatic rings. The van der Waals surface area contributed by atoms with Crippen molar-refractivity contribution in [2.24, 2.45) is 0 Å². The average Bonchev–Trinajstić information content (AvgIpc) is 3.45. The number of nitrogens with zero attached hydrogens (tertiary/aromatic N) is 2. The van der Waals surface area contributed by atoms with Crippen LogP contribution in [0.3, 0.4) is 0 Å². The van der Waals surface area contributed by atoms with E-state index in [2.05, 4.69) is 224 Å². The standard InChI is InChI=1S/C73H85BN2S/c1-42-32-43(2)62(44(3)33-42)45-34-59-64-60(35-45)76(47-19-21-50-52(37-47)69(10,11)25-23-67(50,6)7)65-63(48-38-55-56(41-61(48)77-65)73(17)30-28-72(55,16)29-31-73)74(64)57-39-53-54(71(14,15)27-26-70(53,12)13)40-58(57)75(59)46-18-20-49-51(36-46)68(8,9)24-22-66(49,4)5/h18-21,32-41H,22-31H2,1-17H3. The number of hydrogen-bond donors (Lipinski definition) is 0. The summed E-state index contributed by atoms with van der Waals surface area (Å²) in [5.74, 6) is 0. The van der Waals surface area contributed by atoms with Gasteiger partial charge in [0.15, 0.2) is 0 Å². The van der Waals surface area contributed by atoms with E-state index in [4.69, 9.17) is 0 Å². The molecule has 6 aliphatic carbocycles. The lowest BCUT2D eigenvalue weighted by Gasteiger charge is -2.52. The van der Waals surface area contributed by atoms with Crippen molar-refractivity contribution in [3.05, 3.63) is 146 Å². The highest BCUT2D eigenvalue weighted by molar-refractivity contribution is 7.26. The van der Waals surface area contributed by atoms with Crippen LogP contribution in [-0.2, 0) is 43.3 Å². The van der Waals surface area contributed by atoms with E-state index in [0.29, 0.717) is 0 Å². The number of anilines is 6. The first-order valence-corrected chi connectivity index (χ1v) is 30.8. The fraction of sp³-hybridized carbons (Fsp3) is 0.479. The van der Waals surface area contributed by atoms with Crippen LogP contribution >= 0.6 is 11.3 Å². The molecule has 2 aliphatic heterocycles. The van der Waals surface area contributed by atoms with Gasteiger partial charge in [0.05, 0.1) is 5.00 Å². The van der Waals surface area contributed by atoms with Gasteiger partial charge >= 0.3 is 0 Å². The summed E-state index contributed by atoms with van der Waals surface area (Å²) in [6.07, 6.45) is 12.3. The van der Waals surface area contributed by atoms with E-state index in [1.165, 1.54) is 180 Å². The Bertz CT molecular complexity index is 3720. The van der Waals surface area contributed by atoms with Gasteiger partial charge in [0.25, 0.3) is 6.71 Å². The molecule has 7 aromatic rings. The van der Waals surface area contributed by atoms with E-state index in [9.17, 15) is 0 Å². The largest absolute Gasteiger partial charge is 0.311 e. The van der Waals surface area contributed by atoms with Gasteiger partial charge in [-0.2, -0.15) is 0 Å². The van der Waals surface area contributed by atoms with Crippen LogP contribution in [0.2, 0.25) is 0 Å². The summed E-state index contributed by atoms with van der Waals surface area (Å²) in [5, 5.41) is 2.89. The molecule has 6 aromatic carbocycles. The fourth-order valence-electron chi connectivity index (χ4n) is 17.3. The number of hydrogen-bond acceptors (Lipinski definition) is 3. The molecule has 1 aromatic heterocycles. The third kappa shape index (κ3) is 6.97. The zero-order valence-corrected chi connectivity index (χ0v) is 50.9. The lowest BCUT2D eigenvalue weighted by atomic mass is 9.33. The number of benzene rings is 6. The van der Waals surface area contributed by atoms with Gasteiger partial charge in [-0.05, 0) is 271 Å². The monoisotopic (exact) mass is 1030 g/mol. The number of fused-ring (bicyclic) bond motifs is 11. The molecule has 15 rings (SSSR count). The molecule has 1 saturated carbocycles. The zero-order chi connectivity index (χ0) is 54.3. The molecule has 2 bridgehead atoms. The second-order valence-electron chi connectivity index (χ2n) is 30.9. The predicted octanol–water partition coefficient (Wildman–Crippen LogP) is 18.7. The minimum absolute atomic E-state index is 0.0369. The van der Waals surface area contributed by atoms with E-state index in [1.807, 2.05) is 0 Å². The van der Waals surface area contributed by atoms with Crippen molar-refractivity contribution in [3.8, 4) is 11.1 Å². The van der Waals surface area contributed by atoms with Crippen LogP contribution in [0.5, 0.6) is 0 Å². The Morgan fingerprint density at radius 2 is 0.818 bits per heavy atom. The van der Waals surface area contributed by atoms with Gasteiger partial charge < -0.3 is 9.80 Å². The fourth-order valence-corrected chi connectivity index (χ4v) is 18.6. The van der Waals surface area contributed by atoms with Gasteiger partial charge in [0.1, 0.15) is 0 Å². The van der Waals surface area contributed by atoms with Crippen LogP contribution in [0.1, 0.15) is 222 Å². The van der Waals surface area contributed by atoms with E-state index < -0.39 is 0 Å². The first-order chi connectivity index (χ1) is 36.0. The lowest BCUT2D eigenvalue weighted by Crippen LogP contribution is -2.61. The SMILES string of the molecule is Cc1cc(C)c(-c2cc3c4c(c2)N(c2ccc5c(c2)C(C)(C)CCC5(C)C)c2sc5cc6c(cc5c2B4c2cc4c(cc2N3c2ccc3c(c2)C(C)(C)CCC3(C)C)C(C)(C)CCC4(C)C)C2(C)CCC6(C)CC2)c(C)c1. The normalized spacial score (nSPS) is 24.8. The van der Waals surface area contributed by atoms with Crippen molar-refractivity contribution in [1.82, 2.24) is 0 Å². The molecule has 3 heterocycles. The maximum atomic E-state index is 2.81. The quantitative estimate of drug-likeness (QED) is 0.163. The maximum Gasteiger partial charge on any atom is 0.254 e. The maximum absolute atomic E-state index is 2.81. The second-order valence-corrected chi connectivity index (χ2v) is 31.9. The Hall–Kier alpha value is -5.06. The topological polar surface area (TPSA) is 6.48 Å². The summed E-state index contributed by atoms with van der Waals surface area (Å²) in [6.45, 7) is 42.3. The van der Waals surface area contributed by atoms with E-state index in [0.717, 1.165) is 0 Å². The van der Waals surface area contributed by atoms with Crippen LogP contribution in [0.25, 0.3) is 21.2 Å². The van der Waals surface area contributed by atoms with Crippen LogP contribution in [0.4, 0.5) is 33.4 Å². The van der Waals surface area contributed by atoms with Crippen LogP contribution in [0.15, 0.2) is 84.9 Å². The molecule has 4 heteroatoms. The molecule has 0 amide bonds. The Morgan fingerprint density at radius 1 is 0.390 bits per heavy atom. The first kappa shape index (κ1) is 50.2. The Morgan fingerprint density at radius 3 is 1.32 bits per heavy atom. The predicted molar refractivity (Wildman–Crippen MR) is 335 cm³/mol. The molecule has 0 radical (unpaired) electrons. The van der Waals surface area contributed by atoms with Gasteiger partial charge in [-0.1, -0.05) is 133 Å². The van der Waals surface area contributed by atoms with Crippen molar-refractivity contribution < 1.29 is 0 Å². The summed E-state index contributed by atoms with van der Waals surface area (Å²) in [6, 6.07) is 36.6. The summed E-state index contributed by atoms with van der Waals surface area (Å²) in [5.41, 5.74) is 31.0. The van der Waals surface area contributed by atoms with E-state index in [1.54, 1.807) is 16.7 Å². The van der Waals surface area contributed by atoms with Crippen molar-refractivity contribution in [2.75, 3.05) is 9.80 Å². The minimum Gasteiger partial charge on any atom is -0.311 e. The van der Waals surface area contributed by atoms with Crippen molar-refractivity contribution in [1.29, 1.82) is 0 Å². The molecule has 0 spiro atoms. The Labute approximate surface area is 467 Å². The van der Waals surface area contributed by atoms with Crippen molar-refractivity contribution in [2.45, 2.75) is 225 Å². The summed E-state index contributed by atoms with van der Waals surface area (Å²) in [4.78, 5) is 5.60. The first-order valence-electron chi connectivity index (χ1n) is 30.0. The second kappa shape index (κ2) is 15.6. The van der Waals surface area contributed by atoms with E-state index >= 15 is 0 Å². The van der Waals surface area contributed by atoms with Crippen LogP contribution in [0, 0.1) is 20.8 Å². The molecule has 1 fully saturated rings. The van der Waals surface area contributed by atoms with Gasteiger partial charge in [0.2, 0.25) is 0 Å². The minimum atomic E-state index is 0.0369. The molecule has 77 heavy (non-hydrogen) atoms. The van der Waals surface area contributed by atoms with Gasteiger partial charge in [-0.3, -0.25) is 0 Å². The van der Waals surface area contributed by atoms with Gasteiger partial charge in [-0.15, -0.1) is 11.3 Å². The molecule has 0 saturated heterocycles. The highest BCUT2D eigenvalue weighted by Gasteiger charge is 2.52. The Kier molecular flexibility index (Phi) is 10.2. The molecule has 0 N–H and O–H groups in total. The van der Waals surface area contributed by atoms with Gasteiger partial charge in [-0.25, -0.2) is 0 Å². The van der Waals surface area contributed by atoms with Gasteiger partial charge in [0, 0.05) is 33.1 Å². The highest BCUT2D eigenvalue weighted by Crippen LogP contribution is 2.60. The summed E-state index contributed by atoms with van der Waals surface area (Å²) < 4.78 is 1.46. The molecular formula is C73H85BN2S.